The molecule has 6 atom stereocenters. The maximum Gasteiger partial charge on any atom is 0.241 e. The third-order valence-corrected chi connectivity index (χ3v) is 7.51. The Morgan fingerprint density at radius 3 is 2.31 bits per heavy atom. The second kappa shape index (κ2) is 6.61. The Bertz CT molecular complexity index is 610. The van der Waals surface area contributed by atoms with Crippen molar-refractivity contribution in [1.82, 2.24) is 4.90 Å². The summed E-state index contributed by atoms with van der Waals surface area (Å²) in [4.78, 5) is 14.9. The van der Waals surface area contributed by atoms with Crippen LogP contribution in [0, 0.1) is 34.5 Å². The minimum atomic E-state index is -0.594. The van der Waals surface area contributed by atoms with Gasteiger partial charge in [0, 0.05) is 6.04 Å². The van der Waals surface area contributed by atoms with Gasteiger partial charge in [0.1, 0.15) is 6.04 Å². The van der Waals surface area contributed by atoms with Crippen molar-refractivity contribution in [2.24, 2.45) is 28.9 Å². The third kappa shape index (κ3) is 2.83. The van der Waals surface area contributed by atoms with Crippen LogP contribution in [0.5, 0.6) is 0 Å². The normalized spacial score (nSPS) is 47.6. The van der Waals surface area contributed by atoms with Crippen LogP contribution < -0.4 is 5.73 Å². The van der Waals surface area contributed by atoms with Gasteiger partial charge in [0.15, 0.2) is 0 Å². The largest absolute Gasteiger partial charge is 0.412 e. The molecule has 1 amide bonds. The molecular weight excluding hydrogens is 358 g/mol. The van der Waals surface area contributed by atoms with Crippen molar-refractivity contribution in [1.29, 1.82) is 5.26 Å². The molecule has 1 heterocycles. The number of carbonyl (C=O) groups excluding carboxylic acids is 1. The lowest BCUT2D eigenvalue weighted by atomic mass is 9.46. The van der Waals surface area contributed by atoms with Gasteiger partial charge in [-0.05, 0) is 74.5 Å². The molecule has 26 heavy (non-hydrogen) atoms. The van der Waals surface area contributed by atoms with Crippen molar-refractivity contribution in [2.45, 2.75) is 75.1 Å². The van der Waals surface area contributed by atoms with Gasteiger partial charge in [0.2, 0.25) is 5.91 Å². The Balaban J connectivity index is 0.000000810. The number of amides is 1. The summed E-state index contributed by atoms with van der Waals surface area (Å²) in [6.45, 7) is 0. The SMILES string of the molecule is Cl.N#C[C@@H]1C[C@@H]2C[C@@H]2N1C(=O)[C@@H](N)C12CC3CC(CC(O)(C3)C1)C2.O.O. The fraction of sp³-hybridized carbons (Fsp3) is 0.889. The molecule has 5 aliphatic carbocycles. The number of likely N-dealkylation sites (tertiary alicyclic amines) is 1. The van der Waals surface area contributed by atoms with Gasteiger partial charge < -0.3 is 26.7 Å². The summed E-state index contributed by atoms with van der Waals surface area (Å²) in [5.74, 6) is 1.56. The van der Waals surface area contributed by atoms with Crippen LogP contribution in [0.1, 0.15) is 51.4 Å². The number of piperidine rings is 1. The molecule has 1 saturated heterocycles. The second-order valence-electron chi connectivity index (χ2n) is 9.21. The van der Waals surface area contributed by atoms with Crippen molar-refractivity contribution < 1.29 is 20.9 Å². The summed E-state index contributed by atoms with van der Waals surface area (Å²) in [5, 5.41) is 20.2. The number of nitrogens with two attached hydrogens (primary N) is 1. The quantitative estimate of drug-likeness (QED) is 0.680. The number of halogens is 1. The molecule has 0 radical (unpaired) electrons. The molecule has 6 aliphatic rings. The van der Waals surface area contributed by atoms with Crippen LogP contribution in [0.3, 0.4) is 0 Å². The highest BCUT2D eigenvalue weighted by molar-refractivity contribution is 5.85. The molecular formula is C18H30ClN3O4. The van der Waals surface area contributed by atoms with E-state index in [1.165, 1.54) is 6.42 Å². The monoisotopic (exact) mass is 387 g/mol. The van der Waals surface area contributed by atoms with Crippen LogP contribution in [0.4, 0.5) is 0 Å². The number of fused-ring (bicyclic) bond motifs is 1. The van der Waals surface area contributed by atoms with Crippen molar-refractivity contribution in [2.75, 3.05) is 0 Å². The summed E-state index contributed by atoms with van der Waals surface area (Å²) in [5.41, 5.74) is 5.71. The molecule has 4 bridgehead atoms. The molecule has 6 fully saturated rings. The van der Waals surface area contributed by atoms with Crippen LogP contribution in [-0.4, -0.2) is 50.6 Å². The van der Waals surface area contributed by atoms with Gasteiger partial charge in [0.05, 0.1) is 17.7 Å². The van der Waals surface area contributed by atoms with Gasteiger partial charge >= 0.3 is 0 Å². The summed E-state index contributed by atoms with van der Waals surface area (Å²) >= 11 is 0. The zero-order valence-electron chi connectivity index (χ0n) is 14.9. The lowest BCUT2D eigenvalue weighted by Crippen LogP contribution is -2.64. The van der Waals surface area contributed by atoms with E-state index < -0.39 is 11.6 Å². The van der Waals surface area contributed by atoms with E-state index in [-0.39, 0.29) is 46.8 Å². The fourth-order valence-electron chi connectivity index (χ4n) is 6.96. The number of nitriles is 1. The molecule has 2 unspecified atom stereocenters. The van der Waals surface area contributed by atoms with Crippen molar-refractivity contribution >= 4 is 18.3 Å². The summed E-state index contributed by atoms with van der Waals surface area (Å²) in [7, 11) is 0. The van der Waals surface area contributed by atoms with Crippen LogP contribution in [0.2, 0.25) is 0 Å². The number of rotatable bonds is 2. The molecule has 6 rings (SSSR count). The summed E-state index contributed by atoms with van der Waals surface area (Å²) in [6.07, 6.45) is 7.48. The maximum atomic E-state index is 13.1. The highest BCUT2D eigenvalue weighted by Crippen LogP contribution is 2.63. The molecule has 8 heteroatoms. The Morgan fingerprint density at radius 2 is 1.77 bits per heavy atom. The number of hydrogen-bond acceptors (Lipinski definition) is 4. The van der Waals surface area contributed by atoms with Gasteiger partial charge in [-0.25, -0.2) is 0 Å². The highest BCUT2D eigenvalue weighted by Gasteiger charge is 2.62. The third-order valence-electron chi connectivity index (χ3n) is 7.51. The Hall–Kier alpha value is -0.910. The molecule has 0 spiro atoms. The average molecular weight is 388 g/mol. The second-order valence-corrected chi connectivity index (χ2v) is 9.21. The van der Waals surface area contributed by atoms with Crippen molar-refractivity contribution in [3.05, 3.63) is 0 Å². The molecule has 0 aromatic heterocycles. The van der Waals surface area contributed by atoms with Crippen molar-refractivity contribution in [3.63, 3.8) is 0 Å². The van der Waals surface area contributed by atoms with Gasteiger partial charge in [-0.3, -0.25) is 4.79 Å². The fourth-order valence-corrected chi connectivity index (χ4v) is 6.96. The van der Waals surface area contributed by atoms with Gasteiger partial charge in [-0.1, -0.05) is 0 Å². The summed E-state index contributed by atoms with van der Waals surface area (Å²) < 4.78 is 0. The van der Waals surface area contributed by atoms with E-state index in [4.69, 9.17) is 5.73 Å². The predicted molar refractivity (Wildman–Crippen MR) is 97.3 cm³/mol. The Morgan fingerprint density at radius 1 is 1.15 bits per heavy atom. The van der Waals surface area contributed by atoms with E-state index in [1.807, 2.05) is 0 Å². The molecule has 1 aliphatic heterocycles. The first kappa shape index (κ1) is 21.4. The number of aliphatic hydroxyl groups is 1. The van der Waals surface area contributed by atoms with Crippen LogP contribution in [0.25, 0.3) is 0 Å². The average Bonchev–Trinajstić information content (AvgIpc) is 3.14. The molecule has 7 nitrogen and oxygen atoms in total. The Kier molecular flexibility index (Phi) is 5.44. The van der Waals surface area contributed by atoms with Crippen LogP contribution in [-0.2, 0) is 4.79 Å². The smallest absolute Gasteiger partial charge is 0.241 e. The maximum absolute atomic E-state index is 13.1. The van der Waals surface area contributed by atoms with E-state index in [2.05, 4.69) is 6.07 Å². The van der Waals surface area contributed by atoms with E-state index in [0.717, 1.165) is 38.5 Å². The molecule has 0 aromatic carbocycles. The first-order valence-corrected chi connectivity index (χ1v) is 9.13. The lowest BCUT2D eigenvalue weighted by Gasteiger charge is -2.61. The van der Waals surface area contributed by atoms with Crippen LogP contribution >= 0.6 is 12.4 Å². The highest BCUT2D eigenvalue weighted by atomic mass is 35.5. The van der Waals surface area contributed by atoms with Crippen LogP contribution in [0.15, 0.2) is 0 Å². The van der Waals surface area contributed by atoms with E-state index in [9.17, 15) is 15.2 Å². The standard InChI is InChI=1S/C18H25N3O2.ClH.2H2O/c19-8-13-2-12-3-14(12)21(13)16(22)15(20)17-4-10-1-11(5-17)7-18(23,6-10)9-17;;;/h10-15,23H,1-7,9,20H2;1H;2*1H2/t10?,11?,12-,13+,14+,15-,17?,18?;;;/m1.../s1. The zero-order chi connectivity index (χ0) is 16.0. The topological polar surface area (TPSA) is 153 Å². The Labute approximate surface area is 159 Å². The lowest BCUT2D eigenvalue weighted by molar-refractivity contribution is -0.177. The number of hydrogen-bond donors (Lipinski definition) is 2. The minimum Gasteiger partial charge on any atom is -0.412 e. The van der Waals surface area contributed by atoms with E-state index in [1.54, 1.807) is 4.90 Å². The summed E-state index contributed by atoms with van der Waals surface area (Å²) in [6, 6.07) is 1.72. The van der Waals surface area contributed by atoms with E-state index in [0.29, 0.717) is 24.2 Å². The molecule has 0 aromatic rings. The predicted octanol–water partition coefficient (Wildman–Crippen LogP) is -0.0696. The number of carbonyl (C=O) groups is 1. The van der Waals surface area contributed by atoms with Crippen molar-refractivity contribution in [3.8, 4) is 6.07 Å². The van der Waals surface area contributed by atoms with Gasteiger partial charge in [-0.15, -0.1) is 12.4 Å². The zero-order valence-corrected chi connectivity index (χ0v) is 15.7. The minimum absolute atomic E-state index is 0. The molecule has 5 saturated carbocycles. The van der Waals surface area contributed by atoms with Gasteiger partial charge in [-0.2, -0.15) is 5.26 Å². The number of nitrogens with zero attached hydrogens (tertiary/aromatic N) is 2. The molecule has 148 valence electrons. The first-order chi connectivity index (χ1) is 10.9. The van der Waals surface area contributed by atoms with Gasteiger partial charge in [0.25, 0.3) is 0 Å². The van der Waals surface area contributed by atoms with E-state index >= 15 is 0 Å². The molecule has 7 N–H and O–H groups in total. The first-order valence-electron chi connectivity index (χ1n) is 9.13.